The first-order valence-electron chi connectivity index (χ1n) is 7.69. The molecule has 0 amide bonds. The van der Waals surface area contributed by atoms with Crippen molar-refractivity contribution in [2.75, 3.05) is 18.5 Å². The van der Waals surface area contributed by atoms with Crippen LogP contribution < -0.4 is 5.32 Å². The lowest BCUT2D eigenvalue weighted by Crippen LogP contribution is -2.24. The molecule has 1 saturated heterocycles. The van der Waals surface area contributed by atoms with Crippen molar-refractivity contribution < 1.29 is 4.74 Å². The molecule has 7 nitrogen and oxygen atoms in total. The molecule has 2 unspecified atom stereocenters. The molecule has 0 aliphatic carbocycles. The number of aryl methyl sites for hydroxylation is 1. The van der Waals surface area contributed by atoms with E-state index in [2.05, 4.69) is 28.5 Å². The van der Waals surface area contributed by atoms with Gasteiger partial charge in [0.1, 0.15) is 6.10 Å². The molecule has 4 rings (SSSR count). The molecule has 2 aliphatic heterocycles. The average Bonchev–Trinajstić information content (AvgIpc) is 3.24. The lowest BCUT2D eigenvalue weighted by atomic mass is 10.1. The molecular formula is C14H20N6O. The molecule has 112 valence electrons. The van der Waals surface area contributed by atoms with Gasteiger partial charge >= 0.3 is 0 Å². The van der Waals surface area contributed by atoms with Crippen LogP contribution in [-0.4, -0.2) is 37.7 Å². The van der Waals surface area contributed by atoms with Crippen molar-refractivity contribution in [1.82, 2.24) is 24.5 Å². The number of fused-ring (bicyclic) bond motifs is 1. The van der Waals surface area contributed by atoms with Crippen LogP contribution in [0.2, 0.25) is 0 Å². The third-order valence-corrected chi connectivity index (χ3v) is 4.22. The molecule has 0 bridgehead atoms. The van der Waals surface area contributed by atoms with Gasteiger partial charge in [-0.3, -0.25) is 4.68 Å². The third-order valence-electron chi connectivity index (χ3n) is 4.22. The molecule has 21 heavy (non-hydrogen) atoms. The van der Waals surface area contributed by atoms with Crippen molar-refractivity contribution in [1.29, 1.82) is 0 Å². The molecule has 1 fully saturated rings. The standard InChI is InChI=1S/C14H20N6O/c1-2-19-9-10(8-16-19)11-5-6-15-14-17-13(18-20(11)14)12-4-3-7-21-12/h8-9,11-12H,2-7H2,1H3,(H,15,17,18). The highest BCUT2D eigenvalue weighted by Gasteiger charge is 2.29. The molecule has 0 aromatic carbocycles. The zero-order chi connectivity index (χ0) is 14.2. The van der Waals surface area contributed by atoms with Gasteiger partial charge in [0, 0.05) is 31.5 Å². The van der Waals surface area contributed by atoms with Gasteiger partial charge in [-0.05, 0) is 26.2 Å². The minimum absolute atomic E-state index is 0.0592. The number of nitrogens with one attached hydrogen (secondary N) is 1. The lowest BCUT2D eigenvalue weighted by molar-refractivity contribution is 0.105. The van der Waals surface area contributed by atoms with Gasteiger partial charge in [-0.15, -0.1) is 0 Å². The lowest BCUT2D eigenvalue weighted by Gasteiger charge is -2.23. The normalized spacial score (nSPS) is 24.8. The highest BCUT2D eigenvalue weighted by molar-refractivity contribution is 5.32. The summed E-state index contributed by atoms with van der Waals surface area (Å²) in [5, 5.41) is 12.4. The van der Waals surface area contributed by atoms with E-state index in [0.29, 0.717) is 0 Å². The van der Waals surface area contributed by atoms with Gasteiger partial charge in [-0.2, -0.15) is 15.2 Å². The fourth-order valence-electron chi connectivity index (χ4n) is 3.07. The van der Waals surface area contributed by atoms with Gasteiger partial charge in [0.05, 0.1) is 12.2 Å². The van der Waals surface area contributed by atoms with Crippen LogP contribution in [0.1, 0.15) is 49.7 Å². The summed E-state index contributed by atoms with van der Waals surface area (Å²) in [7, 11) is 0. The Labute approximate surface area is 123 Å². The second kappa shape index (κ2) is 5.14. The SMILES string of the molecule is CCn1cc(C2CCNc3nc(C4CCCO4)nn32)cn1. The highest BCUT2D eigenvalue weighted by atomic mass is 16.5. The Balaban J connectivity index is 1.66. The Bertz CT molecular complexity index is 627. The molecule has 0 radical (unpaired) electrons. The molecule has 0 saturated carbocycles. The Morgan fingerprint density at radius 3 is 3.14 bits per heavy atom. The molecule has 2 aromatic heterocycles. The summed E-state index contributed by atoms with van der Waals surface area (Å²) in [5.41, 5.74) is 1.20. The van der Waals surface area contributed by atoms with Crippen LogP contribution in [0.25, 0.3) is 0 Å². The molecule has 0 spiro atoms. The van der Waals surface area contributed by atoms with E-state index < -0.39 is 0 Å². The first kappa shape index (κ1) is 12.8. The van der Waals surface area contributed by atoms with E-state index in [1.807, 2.05) is 15.6 Å². The highest BCUT2D eigenvalue weighted by Crippen LogP contribution is 2.32. The van der Waals surface area contributed by atoms with Gasteiger partial charge < -0.3 is 10.1 Å². The number of aromatic nitrogens is 5. The van der Waals surface area contributed by atoms with Crippen LogP contribution in [0.5, 0.6) is 0 Å². The maximum Gasteiger partial charge on any atom is 0.222 e. The van der Waals surface area contributed by atoms with E-state index in [0.717, 1.165) is 50.7 Å². The first-order valence-corrected chi connectivity index (χ1v) is 7.69. The van der Waals surface area contributed by atoms with Crippen LogP contribution in [-0.2, 0) is 11.3 Å². The minimum Gasteiger partial charge on any atom is -0.370 e. The zero-order valence-electron chi connectivity index (χ0n) is 12.2. The average molecular weight is 288 g/mol. The number of ether oxygens (including phenoxy) is 1. The molecule has 7 heteroatoms. The molecule has 2 aliphatic rings. The summed E-state index contributed by atoms with van der Waals surface area (Å²) >= 11 is 0. The Kier molecular flexibility index (Phi) is 3.14. The van der Waals surface area contributed by atoms with Crippen molar-refractivity contribution in [3.8, 4) is 0 Å². The van der Waals surface area contributed by atoms with Crippen molar-refractivity contribution in [2.45, 2.75) is 44.9 Å². The molecule has 2 aromatic rings. The second-order valence-electron chi connectivity index (χ2n) is 5.60. The van der Waals surface area contributed by atoms with Crippen LogP contribution in [0.4, 0.5) is 5.95 Å². The van der Waals surface area contributed by atoms with Crippen molar-refractivity contribution in [3.63, 3.8) is 0 Å². The van der Waals surface area contributed by atoms with Gasteiger partial charge in [0.15, 0.2) is 5.82 Å². The Morgan fingerprint density at radius 2 is 2.38 bits per heavy atom. The Hall–Kier alpha value is -1.89. The quantitative estimate of drug-likeness (QED) is 0.931. The van der Waals surface area contributed by atoms with Crippen molar-refractivity contribution in [2.24, 2.45) is 0 Å². The molecular weight excluding hydrogens is 268 g/mol. The molecule has 2 atom stereocenters. The van der Waals surface area contributed by atoms with E-state index in [1.54, 1.807) is 0 Å². The first-order chi connectivity index (χ1) is 10.3. The largest absolute Gasteiger partial charge is 0.370 e. The van der Waals surface area contributed by atoms with Crippen LogP contribution in [0, 0.1) is 0 Å². The smallest absolute Gasteiger partial charge is 0.222 e. The van der Waals surface area contributed by atoms with Gasteiger partial charge in [-0.1, -0.05) is 0 Å². The summed E-state index contributed by atoms with van der Waals surface area (Å²) in [6.07, 6.45) is 7.21. The minimum atomic E-state index is 0.0592. The van der Waals surface area contributed by atoms with Gasteiger partial charge in [0.2, 0.25) is 5.95 Å². The predicted molar refractivity (Wildman–Crippen MR) is 77.1 cm³/mol. The number of hydrogen-bond donors (Lipinski definition) is 1. The zero-order valence-corrected chi connectivity index (χ0v) is 12.2. The molecule has 4 heterocycles. The summed E-state index contributed by atoms with van der Waals surface area (Å²) in [6, 6.07) is 0.212. The number of anilines is 1. The summed E-state index contributed by atoms with van der Waals surface area (Å²) in [5.74, 6) is 1.66. The predicted octanol–water partition coefficient (Wildman–Crippen LogP) is 1.75. The summed E-state index contributed by atoms with van der Waals surface area (Å²) in [4.78, 5) is 4.62. The van der Waals surface area contributed by atoms with Crippen LogP contribution >= 0.6 is 0 Å². The second-order valence-corrected chi connectivity index (χ2v) is 5.60. The number of rotatable bonds is 3. The van der Waals surface area contributed by atoms with E-state index >= 15 is 0 Å². The van der Waals surface area contributed by atoms with Crippen LogP contribution in [0.15, 0.2) is 12.4 Å². The monoisotopic (exact) mass is 288 g/mol. The topological polar surface area (TPSA) is 69.8 Å². The van der Waals surface area contributed by atoms with Crippen molar-refractivity contribution >= 4 is 5.95 Å². The summed E-state index contributed by atoms with van der Waals surface area (Å²) < 4.78 is 9.65. The maximum absolute atomic E-state index is 5.70. The van der Waals surface area contributed by atoms with Gasteiger partial charge in [-0.25, -0.2) is 4.68 Å². The molecule has 1 N–H and O–H groups in total. The third kappa shape index (κ3) is 2.21. The van der Waals surface area contributed by atoms with E-state index in [9.17, 15) is 0 Å². The van der Waals surface area contributed by atoms with E-state index in [-0.39, 0.29) is 12.1 Å². The van der Waals surface area contributed by atoms with Gasteiger partial charge in [0.25, 0.3) is 0 Å². The van der Waals surface area contributed by atoms with Crippen LogP contribution in [0.3, 0.4) is 0 Å². The Morgan fingerprint density at radius 1 is 1.43 bits per heavy atom. The summed E-state index contributed by atoms with van der Waals surface area (Å²) in [6.45, 7) is 4.70. The van der Waals surface area contributed by atoms with E-state index in [4.69, 9.17) is 9.84 Å². The van der Waals surface area contributed by atoms with E-state index in [1.165, 1.54) is 5.56 Å². The fourth-order valence-corrected chi connectivity index (χ4v) is 3.07. The fraction of sp³-hybridized carbons (Fsp3) is 0.643. The number of nitrogens with zero attached hydrogens (tertiary/aromatic N) is 5. The van der Waals surface area contributed by atoms with Crippen molar-refractivity contribution in [3.05, 3.63) is 23.8 Å². The number of hydrogen-bond acceptors (Lipinski definition) is 5. The maximum atomic E-state index is 5.70.